The lowest BCUT2D eigenvalue weighted by Crippen LogP contribution is -2.43. The molecule has 3 aromatic carbocycles. The molecule has 0 radical (unpaired) electrons. The van der Waals surface area contributed by atoms with E-state index in [1.165, 1.54) is 11.6 Å². The summed E-state index contributed by atoms with van der Waals surface area (Å²) in [6.45, 7) is 13.3. The summed E-state index contributed by atoms with van der Waals surface area (Å²) in [6, 6.07) is 24.6. The predicted molar refractivity (Wildman–Crippen MR) is 186 cm³/mol. The van der Waals surface area contributed by atoms with E-state index in [1.807, 2.05) is 31.2 Å². The largest absolute Gasteiger partial charge is 0.348 e. The van der Waals surface area contributed by atoms with Crippen LogP contribution in [0.1, 0.15) is 32.6 Å². The molecule has 0 bridgehead atoms. The number of fused-ring (bicyclic) bond motifs is 1. The van der Waals surface area contributed by atoms with Gasteiger partial charge in [0.05, 0.1) is 11.3 Å². The normalized spacial score (nSPS) is 13.9. The first-order valence-electron chi connectivity index (χ1n) is 15.7. The summed E-state index contributed by atoms with van der Waals surface area (Å²) >= 11 is 0. The number of anilines is 1. The molecular formula is C38H40N6O2. The first kappa shape index (κ1) is 31.0. The fourth-order valence-corrected chi connectivity index (χ4v) is 5.84. The molecule has 8 heteroatoms. The fourth-order valence-electron chi connectivity index (χ4n) is 5.84. The average Bonchev–Trinajstić information content (AvgIpc) is 3.45. The third-order valence-electron chi connectivity index (χ3n) is 8.70. The van der Waals surface area contributed by atoms with E-state index in [4.69, 9.17) is 0 Å². The van der Waals surface area contributed by atoms with Gasteiger partial charge in [0.2, 0.25) is 5.91 Å². The van der Waals surface area contributed by atoms with E-state index in [2.05, 4.69) is 99.5 Å². The molecule has 2 aromatic heterocycles. The van der Waals surface area contributed by atoms with Gasteiger partial charge in [-0.05, 0) is 66.9 Å². The predicted octanol–water partition coefficient (Wildman–Crippen LogP) is 6.32. The van der Waals surface area contributed by atoms with E-state index in [-0.39, 0.29) is 11.8 Å². The van der Waals surface area contributed by atoms with Crippen molar-refractivity contribution < 1.29 is 9.59 Å². The highest BCUT2D eigenvalue weighted by Crippen LogP contribution is 2.39. The summed E-state index contributed by atoms with van der Waals surface area (Å²) < 4.78 is 0. The number of aryl methyl sites for hydroxylation is 2. The van der Waals surface area contributed by atoms with Gasteiger partial charge >= 0.3 is 0 Å². The van der Waals surface area contributed by atoms with Gasteiger partial charge in [-0.25, -0.2) is 4.98 Å². The van der Waals surface area contributed by atoms with Crippen LogP contribution >= 0.6 is 0 Å². The molecule has 46 heavy (non-hydrogen) atoms. The summed E-state index contributed by atoms with van der Waals surface area (Å²) in [4.78, 5) is 38.6. The van der Waals surface area contributed by atoms with Crippen LogP contribution in [0.4, 0.5) is 5.69 Å². The Balaban J connectivity index is 1.26. The van der Waals surface area contributed by atoms with Crippen molar-refractivity contribution in [2.24, 2.45) is 0 Å². The van der Waals surface area contributed by atoms with Gasteiger partial charge in [-0.1, -0.05) is 72.8 Å². The second kappa shape index (κ2) is 13.5. The molecule has 1 fully saturated rings. The minimum absolute atomic E-state index is 0.192. The maximum Gasteiger partial charge on any atom is 0.253 e. The summed E-state index contributed by atoms with van der Waals surface area (Å²) in [6.07, 6.45) is 2.87. The number of H-pyrrole nitrogens is 1. The van der Waals surface area contributed by atoms with E-state index in [0.29, 0.717) is 23.4 Å². The Morgan fingerprint density at radius 1 is 0.913 bits per heavy atom. The van der Waals surface area contributed by atoms with Gasteiger partial charge in [-0.2, -0.15) is 0 Å². The SMILES string of the molecule is C=CC(=O)Nc1cc(-c2c(-c3ccc(C)cc3)[nH]c3ncc(C(=O)NCc4ccc(CN5CCN(C)CC5)cc4)cc23)ccc1C. The van der Waals surface area contributed by atoms with Crippen LogP contribution in [-0.4, -0.2) is 64.8 Å². The second-order valence-electron chi connectivity index (χ2n) is 12.2. The van der Waals surface area contributed by atoms with Gasteiger partial charge in [0.1, 0.15) is 5.65 Å². The lowest BCUT2D eigenvalue weighted by atomic mass is 9.96. The van der Waals surface area contributed by atoms with Crippen molar-refractivity contribution in [1.82, 2.24) is 25.1 Å². The quantitative estimate of drug-likeness (QED) is 0.170. The topological polar surface area (TPSA) is 93.4 Å². The highest BCUT2D eigenvalue weighted by Gasteiger charge is 2.19. The van der Waals surface area contributed by atoms with Crippen LogP contribution in [-0.2, 0) is 17.9 Å². The fraction of sp³-hybridized carbons (Fsp3) is 0.237. The molecule has 6 rings (SSSR count). The first-order chi connectivity index (χ1) is 22.3. The van der Waals surface area contributed by atoms with Gasteiger partial charge in [0, 0.05) is 62.1 Å². The number of rotatable bonds is 9. The number of pyridine rings is 1. The Labute approximate surface area is 270 Å². The highest BCUT2D eigenvalue weighted by molar-refractivity contribution is 6.07. The van der Waals surface area contributed by atoms with E-state index in [1.54, 1.807) is 6.20 Å². The zero-order valence-corrected chi connectivity index (χ0v) is 26.7. The van der Waals surface area contributed by atoms with Crippen LogP contribution in [0, 0.1) is 13.8 Å². The average molecular weight is 613 g/mol. The summed E-state index contributed by atoms with van der Waals surface area (Å²) in [5.74, 6) is -0.467. The van der Waals surface area contributed by atoms with Crippen molar-refractivity contribution in [3.05, 3.63) is 119 Å². The molecule has 0 aliphatic carbocycles. The Morgan fingerprint density at radius 3 is 2.33 bits per heavy atom. The molecule has 1 saturated heterocycles. The number of benzene rings is 3. The molecule has 0 atom stereocenters. The van der Waals surface area contributed by atoms with E-state index >= 15 is 0 Å². The third kappa shape index (κ3) is 6.93. The van der Waals surface area contributed by atoms with E-state index < -0.39 is 0 Å². The number of carbonyl (C=O) groups excluding carboxylic acids is 2. The number of carbonyl (C=O) groups is 2. The molecule has 0 spiro atoms. The van der Waals surface area contributed by atoms with Gasteiger partial charge in [0.15, 0.2) is 0 Å². The second-order valence-corrected chi connectivity index (χ2v) is 12.2. The van der Waals surface area contributed by atoms with Crippen molar-refractivity contribution in [3.63, 3.8) is 0 Å². The van der Waals surface area contributed by atoms with Gasteiger partial charge in [-0.3, -0.25) is 14.5 Å². The minimum Gasteiger partial charge on any atom is -0.348 e. The van der Waals surface area contributed by atoms with Crippen LogP contribution in [0.3, 0.4) is 0 Å². The summed E-state index contributed by atoms with van der Waals surface area (Å²) in [7, 11) is 2.17. The summed E-state index contributed by atoms with van der Waals surface area (Å²) in [5.41, 5.74) is 9.95. The lowest BCUT2D eigenvalue weighted by molar-refractivity contribution is -0.111. The molecule has 5 aromatic rings. The monoisotopic (exact) mass is 612 g/mol. The van der Waals surface area contributed by atoms with Crippen molar-refractivity contribution in [3.8, 4) is 22.4 Å². The Bertz CT molecular complexity index is 1880. The van der Waals surface area contributed by atoms with Gasteiger partial charge in [-0.15, -0.1) is 0 Å². The molecular weight excluding hydrogens is 572 g/mol. The number of nitrogens with one attached hydrogen (secondary N) is 3. The number of hydrogen-bond donors (Lipinski definition) is 3. The molecule has 3 N–H and O–H groups in total. The first-order valence-corrected chi connectivity index (χ1v) is 15.7. The van der Waals surface area contributed by atoms with Crippen molar-refractivity contribution in [2.75, 3.05) is 38.5 Å². The molecule has 234 valence electrons. The van der Waals surface area contributed by atoms with Gasteiger partial charge in [0.25, 0.3) is 5.91 Å². The summed E-state index contributed by atoms with van der Waals surface area (Å²) in [5, 5.41) is 6.81. The minimum atomic E-state index is -0.275. The molecule has 1 aliphatic rings. The van der Waals surface area contributed by atoms with Crippen molar-refractivity contribution >= 4 is 28.5 Å². The van der Waals surface area contributed by atoms with Crippen LogP contribution in [0.5, 0.6) is 0 Å². The molecule has 0 saturated carbocycles. The zero-order chi connectivity index (χ0) is 32.2. The Morgan fingerprint density at radius 2 is 1.61 bits per heavy atom. The van der Waals surface area contributed by atoms with Crippen LogP contribution < -0.4 is 10.6 Å². The maximum absolute atomic E-state index is 13.4. The number of aromatic nitrogens is 2. The maximum atomic E-state index is 13.4. The molecule has 8 nitrogen and oxygen atoms in total. The number of likely N-dealkylation sites (N-methyl/N-ethyl adjacent to an activating group) is 1. The number of nitrogens with zero attached hydrogens (tertiary/aromatic N) is 3. The third-order valence-corrected chi connectivity index (χ3v) is 8.70. The smallest absolute Gasteiger partial charge is 0.253 e. The Hall–Kier alpha value is -5.05. The van der Waals surface area contributed by atoms with E-state index in [0.717, 1.165) is 77.2 Å². The molecule has 2 amide bonds. The lowest BCUT2D eigenvalue weighted by Gasteiger charge is -2.32. The molecule has 0 unspecified atom stereocenters. The van der Waals surface area contributed by atoms with Crippen molar-refractivity contribution in [1.29, 1.82) is 0 Å². The zero-order valence-electron chi connectivity index (χ0n) is 26.7. The standard InChI is InChI=1S/C38H40N6O2/c1-5-34(45)41-33-21-30(15-8-26(33)3)35-32-20-31(23-39-37(32)42-36(35)29-13-6-25(2)7-14-29)38(46)40-22-27-9-11-28(12-10-27)24-44-18-16-43(4)17-19-44/h5-15,20-21,23H,1,16-19,22,24H2,2-4H3,(H,39,42)(H,40,46)(H,41,45). The molecule has 3 heterocycles. The van der Waals surface area contributed by atoms with Crippen LogP contribution in [0.15, 0.2) is 91.6 Å². The molecule has 1 aliphatic heterocycles. The highest BCUT2D eigenvalue weighted by atomic mass is 16.2. The number of aromatic amines is 1. The number of amides is 2. The number of hydrogen-bond acceptors (Lipinski definition) is 5. The van der Waals surface area contributed by atoms with Crippen LogP contribution in [0.2, 0.25) is 0 Å². The van der Waals surface area contributed by atoms with Gasteiger partial charge < -0.3 is 20.5 Å². The van der Waals surface area contributed by atoms with Crippen molar-refractivity contribution in [2.45, 2.75) is 26.9 Å². The Kier molecular flexibility index (Phi) is 9.10. The van der Waals surface area contributed by atoms with Crippen LogP contribution in [0.25, 0.3) is 33.4 Å². The number of piperazine rings is 1. The van der Waals surface area contributed by atoms with E-state index in [9.17, 15) is 9.59 Å².